The molecule has 1 N–H and O–H groups in total. The van der Waals surface area contributed by atoms with E-state index in [2.05, 4.69) is 37.2 Å². The number of benzene rings is 2. The Bertz CT molecular complexity index is 602. The van der Waals surface area contributed by atoms with Crippen molar-refractivity contribution in [3.05, 3.63) is 62.5 Å². The maximum atomic E-state index is 13.2. The lowest BCUT2D eigenvalue weighted by atomic mass is 10.1. The highest BCUT2D eigenvalue weighted by atomic mass is 79.9. The van der Waals surface area contributed by atoms with Gasteiger partial charge in [0.15, 0.2) is 0 Å². The Hall–Kier alpha value is -0.940. The number of anilines is 1. The van der Waals surface area contributed by atoms with Crippen LogP contribution in [0.15, 0.2) is 45.3 Å². The maximum absolute atomic E-state index is 13.2. The molecule has 0 bridgehead atoms. The molecule has 100 valence electrons. The van der Waals surface area contributed by atoms with Crippen molar-refractivity contribution in [3.8, 4) is 0 Å². The van der Waals surface area contributed by atoms with Crippen LogP contribution in [0.2, 0.25) is 0 Å². The zero-order valence-corrected chi connectivity index (χ0v) is 13.2. The average molecular weight is 391 g/mol. The third kappa shape index (κ3) is 3.54. The number of hydrogen-bond acceptors (Lipinski definition) is 1. The summed E-state index contributed by atoms with van der Waals surface area (Å²) in [7, 11) is 0. The minimum absolute atomic E-state index is 0.0290. The summed E-state index contributed by atoms with van der Waals surface area (Å²) >= 11 is 6.46. The maximum Gasteiger partial charge on any atom is 0.137 e. The van der Waals surface area contributed by atoms with Crippen molar-refractivity contribution in [3.63, 3.8) is 0 Å². The van der Waals surface area contributed by atoms with Crippen molar-refractivity contribution >= 4 is 37.5 Å². The first-order valence-corrected chi connectivity index (χ1v) is 7.22. The Balaban J connectivity index is 2.20. The van der Waals surface area contributed by atoms with Gasteiger partial charge in [0.2, 0.25) is 0 Å². The number of rotatable bonds is 3. The molecule has 0 spiro atoms. The zero-order chi connectivity index (χ0) is 14.0. The van der Waals surface area contributed by atoms with Gasteiger partial charge in [0.05, 0.1) is 4.47 Å². The van der Waals surface area contributed by atoms with Crippen LogP contribution in [0.5, 0.6) is 0 Å². The van der Waals surface area contributed by atoms with Gasteiger partial charge >= 0.3 is 0 Å². The monoisotopic (exact) mass is 389 g/mol. The highest BCUT2D eigenvalue weighted by molar-refractivity contribution is 9.10. The molecular weight excluding hydrogens is 380 g/mol. The van der Waals surface area contributed by atoms with Crippen molar-refractivity contribution in [2.45, 2.75) is 13.0 Å². The number of halogens is 4. The fourth-order valence-electron chi connectivity index (χ4n) is 1.70. The average Bonchev–Trinajstić information content (AvgIpc) is 2.36. The highest BCUT2D eigenvalue weighted by Gasteiger charge is 2.10. The topological polar surface area (TPSA) is 12.0 Å². The molecule has 2 aromatic carbocycles. The van der Waals surface area contributed by atoms with Gasteiger partial charge in [-0.05, 0) is 74.7 Å². The SMILES string of the molecule is CC(Nc1ccc(F)cc1Br)c1ccc(F)c(Br)c1. The smallest absolute Gasteiger partial charge is 0.137 e. The molecule has 1 unspecified atom stereocenters. The van der Waals surface area contributed by atoms with Gasteiger partial charge in [0.25, 0.3) is 0 Å². The van der Waals surface area contributed by atoms with E-state index in [0.29, 0.717) is 8.95 Å². The molecule has 0 aliphatic carbocycles. The molecule has 2 rings (SSSR count). The van der Waals surface area contributed by atoms with E-state index in [4.69, 9.17) is 0 Å². The van der Waals surface area contributed by atoms with Gasteiger partial charge in [0.1, 0.15) is 11.6 Å². The van der Waals surface area contributed by atoms with E-state index >= 15 is 0 Å². The van der Waals surface area contributed by atoms with Crippen LogP contribution >= 0.6 is 31.9 Å². The summed E-state index contributed by atoms with van der Waals surface area (Å²) in [4.78, 5) is 0. The van der Waals surface area contributed by atoms with E-state index in [9.17, 15) is 8.78 Å². The van der Waals surface area contributed by atoms with Crippen molar-refractivity contribution < 1.29 is 8.78 Å². The van der Waals surface area contributed by atoms with Crippen LogP contribution in [0.4, 0.5) is 14.5 Å². The van der Waals surface area contributed by atoms with Gasteiger partial charge in [-0.2, -0.15) is 0 Å². The van der Waals surface area contributed by atoms with Gasteiger partial charge in [-0.3, -0.25) is 0 Å². The number of hydrogen-bond donors (Lipinski definition) is 1. The van der Waals surface area contributed by atoms with Crippen molar-refractivity contribution in [2.24, 2.45) is 0 Å². The van der Waals surface area contributed by atoms with Crippen molar-refractivity contribution in [1.82, 2.24) is 0 Å². The molecule has 0 amide bonds. The normalized spacial score (nSPS) is 12.3. The van der Waals surface area contributed by atoms with Crippen LogP contribution in [0.25, 0.3) is 0 Å². The molecule has 5 heteroatoms. The Morgan fingerprint density at radius 1 is 1.00 bits per heavy atom. The Morgan fingerprint density at radius 3 is 2.37 bits per heavy atom. The molecule has 0 heterocycles. The van der Waals surface area contributed by atoms with Gasteiger partial charge in [0, 0.05) is 16.2 Å². The first kappa shape index (κ1) is 14.5. The third-order valence-corrected chi connectivity index (χ3v) is 4.01. The summed E-state index contributed by atoms with van der Waals surface area (Å²) in [5, 5.41) is 3.24. The van der Waals surface area contributed by atoms with Crippen molar-refractivity contribution in [2.75, 3.05) is 5.32 Å². The van der Waals surface area contributed by atoms with E-state index in [1.807, 2.05) is 6.92 Å². The lowest BCUT2D eigenvalue weighted by Gasteiger charge is -2.17. The molecule has 0 aliphatic rings. The van der Waals surface area contributed by atoms with Crippen LogP contribution in [-0.2, 0) is 0 Å². The quantitative estimate of drug-likeness (QED) is 0.712. The summed E-state index contributed by atoms with van der Waals surface area (Å²) < 4.78 is 27.3. The molecule has 0 aliphatic heterocycles. The van der Waals surface area contributed by atoms with Gasteiger partial charge < -0.3 is 5.32 Å². The van der Waals surface area contributed by atoms with Crippen LogP contribution in [0.3, 0.4) is 0 Å². The van der Waals surface area contributed by atoms with E-state index < -0.39 is 0 Å². The van der Waals surface area contributed by atoms with Crippen LogP contribution in [-0.4, -0.2) is 0 Å². The molecule has 2 aromatic rings. The van der Waals surface area contributed by atoms with Crippen molar-refractivity contribution in [1.29, 1.82) is 0 Å². The summed E-state index contributed by atoms with van der Waals surface area (Å²) in [5.41, 5.74) is 1.72. The summed E-state index contributed by atoms with van der Waals surface area (Å²) in [5.74, 6) is -0.589. The van der Waals surface area contributed by atoms with E-state index in [1.54, 1.807) is 18.2 Å². The first-order valence-electron chi connectivity index (χ1n) is 5.64. The summed E-state index contributed by atoms with van der Waals surface area (Å²) in [6.07, 6.45) is 0. The standard InChI is InChI=1S/C14H11Br2F2N/c1-8(9-2-4-13(18)11(15)6-9)19-14-5-3-10(17)7-12(14)16/h2-8,19H,1H3. The predicted molar refractivity (Wildman–Crippen MR) is 80.2 cm³/mol. The molecule has 0 saturated carbocycles. The van der Waals surface area contributed by atoms with E-state index in [0.717, 1.165) is 11.3 Å². The van der Waals surface area contributed by atoms with Gasteiger partial charge in [-0.1, -0.05) is 6.07 Å². The highest BCUT2D eigenvalue weighted by Crippen LogP contribution is 2.28. The molecule has 0 radical (unpaired) electrons. The molecule has 0 fully saturated rings. The Labute approximate surface area is 127 Å². The second-order valence-corrected chi connectivity index (χ2v) is 5.87. The summed E-state index contributed by atoms with van der Waals surface area (Å²) in [6.45, 7) is 1.95. The van der Waals surface area contributed by atoms with Crippen LogP contribution < -0.4 is 5.32 Å². The molecule has 1 nitrogen and oxygen atoms in total. The lowest BCUT2D eigenvalue weighted by Crippen LogP contribution is -2.07. The molecule has 0 saturated heterocycles. The summed E-state index contributed by atoms with van der Waals surface area (Å²) in [6, 6.07) is 9.28. The minimum Gasteiger partial charge on any atom is -0.378 e. The van der Waals surface area contributed by atoms with Gasteiger partial charge in [-0.15, -0.1) is 0 Å². The Kier molecular flexibility index (Phi) is 4.58. The van der Waals surface area contributed by atoms with Gasteiger partial charge in [-0.25, -0.2) is 8.78 Å². The van der Waals surface area contributed by atoms with Crippen LogP contribution in [0, 0.1) is 11.6 Å². The second-order valence-electron chi connectivity index (χ2n) is 4.16. The largest absolute Gasteiger partial charge is 0.378 e. The Morgan fingerprint density at radius 2 is 1.74 bits per heavy atom. The fraction of sp³-hybridized carbons (Fsp3) is 0.143. The predicted octanol–water partition coefficient (Wildman–Crippen LogP) is 5.66. The molecular formula is C14H11Br2F2N. The minimum atomic E-state index is -0.297. The van der Waals surface area contributed by atoms with E-state index in [-0.39, 0.29) is 17.7 Å². The lowest BCUT2D eigenvalue weighted by molar-refractivity contribution is 0.619. The molecule has 0 aromatic heterocycles. The van der Waals surface area contributed by atoms with E-state index in [1.165, 1.54) is 18.2 Å². The van der Waals surface area contributed by atoms with Crippen LogP contribution in [0.1, 0.15) is 18.5 Å². The molecule has 1 atom stereocenters. The third-order valence-electron chi connectivity index (χ3n) is 2.75. The fourth-order valence-corrected chi connectivity index (χ4v) is 2.57. The second kappa shape index (κ2) is 6.01. The zero-order valence-electron chi connectivity index (χ0n) is 10.1. The first-order chi connectivity index (χ1) is 8.97. The number of nitrogens with one attached hydrogen (secondary N) is 1. The molecule has 19 heavy (non-hydrogen) atoms.